The van der Waals surface area contributed by atoms with Gasteiger partial charge in [-0.3, -0.25) is 4.52 Å². The highest BCUT2D eigenvalue weighted by atomic mass is 31.3. The number of hydrogen-bond donors (Lipinski definition) is 4. The molecule has 4 N–H and O–H groups in total. The van der Waals surface area contributed by atoms with E-state index < -0.39 is 15.6 Å². The molecule has 0 amide bonds. The van der Waals surface area contributed by atoms with E-state index in [1.807, 2.05) is 31.2 Å². The first-order valence-electron chi connectivity index (χ1n) is 9.90. The lowest BCUT2D eigenvalue weighted by atomic mass is 10.1. The van der Waals surface area contributed by atoms with Gasteiger partial charge >= 0.3 is 15.6 Å². The number of rotatable bonds is 15. The minimum atomic E-state index is -5.10. The van der Waals surface area contributed by atoms with Crippen LogP contribution < -0.4 is 5.32 Å². The molecule has 1 unspecified atom stereocenters. The van der Waals surface area contributed by atoms with Crippen LogP contribution in [-0.2, 0) is 24.5 Å². The molecule has 0 aliphatic carbocycles. The average molecular weight is 488 g/mol. The Morgan fingerprint density at radius 1 is 1.19 bits per heavy atom. The Balaban J connectivity index is 2.29. The van der Waals surface area contributed by atoms with Crippen LogP contribution in [0.1, 0.15) is 45.1 Å². The molecule has 0 radical (unpaired) electrons. The fourth-order valence-corrected chi connectivity index (χ4v) is 4.20. The Hall–Kier alpha value is -1.93. The van der Waals surface area contributed by atoms with Crippen LogP contribution in [0.4, 0.5) is 5.69 Å². The van der Waals surface area contributed by atoms with E-state index in [-0.39, 0.29) is 6.61 Å². The third-order valence-electron chi connectivity index (χ3n) is 4.23. The third kappa shape index (κ3) is 14.2. The third-order valence-corrected chi connectivity index (χ3v) is 6.38. The number of azide groups is 1. The molecular weight excluding hydrogens is 458 g/mol. The molecule has 32 heavy (non-hydrogen) atoms. The summed E-state index contributed by atoms with van der Waals surface area (Å²) in [5.41, 5.74) is 12.5. The summed E-state index contributed by atoms with van der Waals surface area (Å²) in [5, 5.41) is 6.91. The van der Waals surface area contributed by atoms with Crippen LogP contribution in [0.5, 0.6) is 0 Å². The van der Waals surface area contributed by atoms with Gasteiger partial charge in [-0.05, 0) is 62.8 Å². The molecule has 0 bridgehead atoms. The molecule has 0 saturated heterocycles. The van der Waals surface area contributed by atoms with Gasteiger partial charge in [-0.1, -0.05) is 40.5 Å². The van der Waals surface area contributed by atoms with Crippen molar-refractivity contribution in [2.75, 3.05) is 18.5 Å². The molecule has 0 heterocycles. The highest BCUT2D eigenvalue weighted by Crippen LogP contribution is 2.57. The van der Waals surface area contributed by atoms with Crippen molar-refractivity contribution in [1.29, 1.82) is 0 Å². The number of anilines is 1. The van der Waals surface area contributed by atoms with Crippen molar-refractivity contribution in [2.24, 2.45) is 5.11 Å². The van der Waals surface area contributed by atoms with Crippen molar-refractivity contribution in [3.05, 3.63) is 63.6 Å². The van der Waals surface area contributed by atoms with Crippen molar-refractivity contribution >= 4 is 21.3 Å². The van der Waals surface area contributed by atoms with E-state index in [1.54, 1.807) is 6.08 Å². The highest BCUT2D eigenvalue weighted by Gasteiger charge is 2.31. The zero-order chi connectivity index (χ0) is 24.0. The van der Waals surface area contributed by atoms with Crippen LogP contribution in [0.3, 0.4) is 0 Å². The zero-order valence-electron chi connectivity index (χ0n) is 18.1. The van der Waals surface area contributed by atoms with Crippen molar-refractivity contribution in [1.82, 2.24) is 0 Å². The quantitative estimate of drug-likeness (QED) is 0.0617. The van der Waals surface area contributed by atoms with Gasteiger partial charge in [-0.2, -0.15) is 4.31 Å². The van der Waals surface area contributed by atoms with E-state index in [0.717, 1.165) is 42.6 Å². The molecule has 1 aromatic carbocycles. The Bertz CT molecular complexity index is 939. The average Bonchev–Trinajstić information content (AvgIpc) is 2.68. The van der Waals surface area contributed by atoms with E-state index in [9.17, 15) is 14.0 Å². The minimum Gasteiger partial charge on any atom is -0.385 e. The van der Waals surface area contributed by atoms with Crippen LogP contribution in [0, 0.1) is 0 Å². The fourth-order valence-electron chi connectivity index (χ4n) is 2.67. The second kappa shape index (κ2) is 14.3. The van der Waals surface area contributed by atoms with Gasteiger partial charge in [-0.15, -0.1) is 0 Å². The number of phosphoric acid groups is 2. The summed E-state index contributed by atoms with van der Waals surface area (Å²) in [7, 11) is -9.90. The Kier molecular flexibility index (Phi) is 12.5. The van der Waals surface area contributed by atoms with Gasteiger partial charge in [0.2, 0.25) is 0 Å². The molecule has 0 aromatic heterocycles. The van der Waals surface area contributed by atoms with Gasteiger partial charge in [0.15, 0.2) is 0 Å². The smallest absolute Gasteiger partial charge is 0.385 e. The first-order valence-corrected chi connectivity index (χ1v) is 12.9. The van der Waals surface area contributed by atoms with Crippen molar-refractivity contribution in [3.8, 4) is 0 Å². The lowest BCUT2D eigenvalue weighted by molar-refractivity contribution is 0.191. The van der Waals surface area contributed by atoms with Crippen LogP contribution in [-0.4, -0.2) is 27.8 Å². The molecule has 1 aromatic rings. The molecule has 0 aliphatic heterocycles. The van der Waals surface area contributed by atoms with E-state index in [0.29, 0.717) is 13.0 Å². The summed E-state index contributed by atoms with van der Waals surface area (Å²) in [4.78, 5) is 29.0. The Labute approximate surface area is 187 Å². The number of hydrogen-bond acceptors (Lipinski definition) is 6. The number of benzene rings is 1. The summed E-state index contributed by atoms with van der Waals surface area (Å²) in [6, 6.07) is 7.76. The number of allylic oxidation sites excluding steroid dienone is 3. The van der Waals surface area contributed by atoms with E-state index in [4.69, 9.17) is 15.3 Å². The molecule has 1 atom stereocenters. The number of nitrogens with zero attached hydrogens (tertiary/aromatic N) is 3. The van der Waals surface area contributed by atoms with Crippen molar-refractivity contribution in [3.63, 3.8) is 0 Å². The molecular formula is C19H30N4O7P2. The van der Waals surface area contributed by atoms with Gasteiger partial charge in [-0.25, -0.2) is 9.13 Å². The number of nitrogens with one attached hydrogen (secondary N) is 1. The monoisotopic (exact) mass is 488 g/mol. The first kappa shape index (κ1) is 28.1. The second-order valence-electron chi connectivity index (χ2n) is 7.10. The maximum atomic E-state index is 11.3. The molecule has 0 aliphatic rings. The van der Waals surface area contributed by atoms with Gasteiger partial charge in [0.1, 0.15) is 0 Å². The van der Waals surface area contributed by atoms with Gasteiger partial charge in [0.25, 0.3) is 0 Å². The summed E-state index contributed by atoms with van der Waals surface area (Å²) in [5.74, 6) is 0. The molecule has 0 spiro atoms. The Morgan fingerprint density at radius 2 is 1.91 bits per heavy atom. The summed E-state index contributed by atoms with van der Waals surface area (Å²) in [6.07, 6.45) is 7.09. The van der Waals surface area contributed by atoms with Gasteiger partial charge in [0, 0.05) is 17.1 Å². The topological polar surface area (TPSA) is 174 Å². The molecule has 178 valence electrons. The second-order valence-corrected chi connectivity index (χ2v) is 9.93. The standard InChI is InChI=1S/C19H30N4O7P2/c1-16(8-5-12-21-19-10-4-9-18(14-19)15-22-23-20)6-3-7-17(2)11-13-29-32(27,28)30-31(24,25)26/h4,6,9-11,14,21H,3,5,7-8,12-13,15H2,1-2H3,(H,27,28)(H2,24,25,26)/b16-6+,17-11+. The van der Waals surface area contributed by atoms with Crippen LogP contribution in [0.15, 0.2) is 52.7 Å². The Morgan fingerprint density at radius 3 is 2.59 bits per heavy atom. The first-order chi connectivity index (χ1) is 15.0. The predicted molar refractivity (Wildman–Crippen MR) is 123 cm³/mol. The van der Waals surface area contributed by atoms with Gasteiger partial charge in [0.05, 0.1) is 13.2 Å². The summed E-state index contributed by atoms with van der Waals surface area (Å²) < 4.78 is 30.1. The lowest BCUT2D eigenvalue weighted by Crippen LogP contribution is -2.02. The van der Waals surface area contributed by atoms with E-state index >= 15 is 0 Å². The van der Waals surface area contributed by atoms with Crippen molar-refractivity contribution < 1.29 is 32.6 Å². The molecule has 13 heteroatoms. The van der Waals surface area contributed by atoms with E-state index in [1.165, 1.54) is 5.57 Å². The predicted octanol–water partition coefficient (Wildman–Crippen LogP) is 5.59. The minimum absolute atomic E-state index is 0.294. The van der Waals surface area contributed by atoms with E-state index in [2.05, 4.69) is 37.2 Å². The largest absolute Gasteiger partial charge is 0.481 e. The molecule has 0 fully saturated rings. The van der Waals surface area contributed by atoms with Crippen LogP contribution >= 0.6 is 15.6 Å². The van der Waals surface area contributed by atoms with Crippen molar-refractivity contribution in [2.45, 2.75) is 46.1 Å². The number of phosphoric ester groups is 1. The summed E-state index contributed by atoms with van der Waals surface area (Å²) >= 11 is 0. The molecule has 11 nitrogen and oxygen atoms in total. The van der Waals surface area contributed by atoms with Crippen LogP contribution in [0.25, 0.3) is 10.4 Å². The highest BCUT2D eigenvalue weighted by molar-refractivity contribution is 7.60. The van der Waals surface area contributed by atoms with Gasteiger partial charge < -0.3 is 20.0 Å². The lowest BCUT2D eigenvalue weighted by Gasteiger charge is -2.11. The normalized spacial score (nSPS) is 14.5. The SMILES string of the molecule is C/C(=C\COP(=O)(O)OP(=O)(O)O)CC/C=C(\C)CCCNc1cccc(CN=[N+]=[N-])c1. The molecule has 0 saturated carbocycles. The van der Waals surface area contributed by atoms with Crippen LogP contribution in [0.2, 0.25) is 0 Å². The molecule has 1 rings (SSSR count). The fraction of sp³-hybridized carbons (Fsp3) is 0.474. The maximum absolute atomic E-state index is 11.3. The summed E-state index contributed by atoms with van der Waals surface area (Å²) in [6.45, 7) is 4.74. The zero-order valence-corrected chi connectivity index (χ0v) is 19.9. The maximum Gasteiger partial charge on any atom is 0.481 e.